The molecule has 0 aliphatic rings. The molecule has 0 bridgehead atoms. The van der Waals surface area contributed by atoms with Crippen LogP contribution in [0.5, 0.6) is 5.75 Å². The Morgan fingerprint density at radius 2 is 1.60 bits per heavy atom. The molecule has 4 aromatic carbocycles. The number of hydrogen-bond acceptors (Lipinski definition) is 6. The Kier molecular flexibility index (Phi) is 9.59. The Bertz CT molecular complexity index is 1510. The number of fused-ring (bicyclic) bond motifs is 1. The van der Waals surface area contributed by atoms with E-state index >= 15 is 0 Å². The number of anilines is 1. The van der Waals surface area contributed by atoms with Gasteiger partial charge in [-0.25, -0.2) is 0 Å². The second-order valence-electron chi connectivity index (χ2n) is 9.56. The maximum Gasteiger partial charge on any atom is 0.259 e. The van der Waals surface area contributed by atoms with Gasteiger partial charge in [0.15, 0.2) is 5.75 Å². The van der Waals surface area contributed by atoms with E-state index in [1.165, 1.54) is 0 Å². The number of rotatable bonds is 11. The van der Waals surface area contributed by atoms with Crippen LogP contribution >= 0.6 is 0 Å². The smallest absolute Gasteiger partial charge is 0.259 e. The molecular formula is C32H35N5O3. The number of nitrogens with one attached hydrogen (secondary N) is 2. The van der Waals surface area contributed by atoms with Gasteiger partial charge >= 0.3 is 0 Å². The van der Waals surface area contributed by atoms with Crippen molar-refractivity contribution in [2.24, 2.45) is 10.2 Å². The third kappa shape index (κ3) is 7.09. The molecule has 40 heavy (non-hydrogen) atoms. The van der Waals surface area contributed by atoms with Crippen molar-refractivity contribution in [3.05, 3.63) is 95.6 Å². The van der Waals surface area contributed by atoms with Gasteiger partial charge in [-0.05, 0) is 80.3 Å². The second kappa shape index (κ2) is 13.5. The van der Waals surface area contributed by atoms with Crippen molar-refractivity contribution in [1.29, 1.82) is 0 Å². The first-order chi connectivity index (χ1) is 19.4. The van der Waals surface area contributed by atoms with E-state index in [4.69, 9.17) is 0 Å². The lowest BCUT2D eigenvalue weighted by atomic mass is 10.0. The molecule has 0 saturated carbocycles. The molecule has 8 nitrogen and oxygen atoms in total. The minimum atomic E-state index is -0.457. The second-order valence-corrected chi connectivity index (χ2v) is 9.56. The first-order valence-electron chi connectivity index (χ1n) is 13.5. The first-order valence-corrected chi connectivity index (χ1v) is 13.5. The van der Waals surface area contributed by atoms with Crippen LogP contribution in [0.25, 0.3) is 10.8 Å². The molecule has 4 rings (SSSR count). The number of amides is 2. The van der Waals surface area contributed by atoms with Crippen LogP contribution in [-0.4, -0.2) is 48.0 Å². The van der Waals surface area contributed by atoms with Gasteiger partial charge in [-0.3, -0.25) is 9.59 Å². The molecule has 0 radical (unpaired) electrons. The lowest BCUT2D eigenvalue weighted by molar-refractivity contribution is 0.0950. The Morgan fingerprint density at radius 3 is 2.35 bits per heavy atom. The average molecular weight is 538 g/mol. The summed E-state index contributed by atoms with van der Waals surface area (Å²) in [5.74, 6) is -0.899. The predicted octanol–water partition coefficient (Wildman–Crippen LogP) is 6.98. The summed E-state index contributed by atoms with van der Waals surface area (Å²) >= 11 is 0. The monoisotopic (exact) mass is 537 g/mol. The molecule has 0 heterocycles. The number of benzene rings is 4. The van der Waals surface area contributed by atoms with Crippen LogP contribution in [0.4, 0.5) is 17.1 Å². The van der Waals surface area contributed by atoms with Gasteiger partial charge in [0.05, 0.1) is 11.3 Å². The fourth-order valence-electron chi connectivity index (χ4n) is 4.52. The highest BCUT2D eigenvalue weighted by Gasteiger charge is 2.19. The van der Waals surface area contributed by atoms with Crippen molar-refractivity contribution in [2.45, 2.75) is 27.2 Å². The summed E-state index contributed by atoms with van der Waals surface area (Å²) in [5.41, 5.74) is 2.69. The summed E-state index contributed by atoms with van der Waals surface area (Å²) in [6.45, 7) is 9.63. The Morgan fingerprint density at radius 1 is 0.875 bits per heavy atom. The highest BCUT2D eigenvalue weighted by molar-refractivity contribution is 6.11. The number of para-hydroxylation sites is 1. The van der Waals surface area contributed by atoms with E-state index in [0.717, 1.165) is 37.0 Å². The van der Waals surface area contributed by atoms with Crippen molar-refractivity contribution < 1.29 is 14.7 Å². The summed E-state index contributed by atoms with van der Waals surface area (Å²) in [5, 5.41) is 27.0. The van der Waals surface area contributed by atoms with Crippen LogP contribution in [-0.2, 0) is 0 Å². The summed E-state index contributed by atoms with van der Waals surface area (Å²) in [4.78, 5) is 28.2. The zero-order chi connectivity index (χ0) is 28.5. The third-order valence-electron chi connectivity index (χ3n) is 6.69. The average Bonchev–Trinajstić information content (AvgIpc) is 2.96. The van der Waals surface area contributed by atoms with Gasteiger partial charge in [-0.2, -0.15) is 5.11 Å². The lowest BCUT2D eigenvalue weighted by Crippen LogP contribution is -2.29. The molecule has 0 atom stereocenters. The normalized spacial score (nSPS) is 11.3. The largest absolute Gasteiger partial charge is 0.505 e. The fraction of sp³-hybridized carbons (Fsp3) is 0.250. The Labute approximate surface area is 234 Å². The standard InChI is InChI=1S/C32H35N5O3/c1-4-37(5-2)17-11-16-33-31(39)24-18-22(3)19-26(20-24)35-36-29-27-15-10-9-12-23(27)21-28(30(29)38)32(40)34-25-13-7-6-8-14-25/h6-10,12-15,18-21,38H,4-5,11,16-17H2,1-3H3,(H,33,39)(H,34,40)/b36-35-. The molecule has 4 aromatic rings. The Hall–Kier alpha value is -4.56. The molecule has 0 unspecified atom stereocenters. The van der Waals surface area contributed by atoms with Crippen LogP contribution < -0.4 is 10.6 Å². The predicted molar refractivity (Wildman–Crippen MR) is 160 cm³/mol. The van der Waals surface area contributed by atoms with Crippen LogP contribution in [0.1, 0.15) is 46.5 Å². The number of hydrogen-bond donors (Lipinski definition) is 3. The third-order valence-corrected chi connectivity index (χ3v) is 6.69. The van der Waals surface area contributed by atoms with E-state index < -0.39 is 5.91 Å². The summed E-state index contributed by atoms with van der Waals surface area (Å²) in [6.07, 6.45) is 0.867. The number of phenolic OH excluding ortho intramolecular Hbond substituents is 1. The minimum absolute atomic E-state index is 0.0884. The van der Waals surface area contributed by atoms with Crippen LogP contribution in [0.3, 0.4) is 0 Å². The Balaban J connectivity index is 1.58. The lowest BCUT2D eigenvalue weighted by Gasteiger charge is -2.17. The van der Waals surface area contributed by atoms with Gasteiger partial charge in [0.25, 0.3) is 11.8 Å². The number of phenols is 1. The van der Waals surface area contributed by atoms with Crippen LogP contribution in [0.2, 0.25) is 0 Å². The quantitative estimate of drug-likeness (QED) is 0.142. The number of aryl methyl sites for hydroxylation is 1. The molecule has 8 heteroatoms. The maximum atomic E-state index is 13.1. The zero-order valence-electron chi connectivity index (χ0n) is 23.1. The van der Waals surface area contributed by atoms with E-state index in [2.05, 4.69) is 39.6 Å². The summed E-state index contributed by atoms with van der Waals surface area (Å²) in [6, 6.07) is 23.3. The number of nitrogens with zero attached hydrogens (tertiary/aromatic N) is 3. The summed E-state index contributed by atoms with van der Waals surface area (Å²) in [7, 11) is 0. The van der Waals surface area contributed by atoms with Crippen molar-refractivity contribution >= 4 is 39.6 Å². The zero-order valence-corrected chi connectivity index (χ0v) is 23.1. The van der Waals surface area contributed by atoms with Crippen molar-refractivity contribution in [2.75, 3.05) is 31.5 Å². The van der Waals surface area contributed by atoms with Crippen molar-refractivity contribution in [1.82, 2.24) is 10.2 Å². The van der Waals surface area contributed by atoms with E-state index in [-0.39, 0.29) is 22.9 Å². The topological polar surface area (TPSA) is 106 Å². The van der Waals surface area contributed by atoms with Gasteiger partial charge < -0.3 is 20.6 Å². The molecule has 0 spiro atoms. The van der Waals surface area contributed by atoms with E-state index in [1.54, 1.807) is 30.3 Å². The molecule has 3 N–H and O–H groups in total. The van der Waals surface area contributed by atoms with E-state index in [1.807, 2.05) is 55.5 Å². The van der Waals surface area contributed by atoms with Gasteiger partial charge in [0.2, 0.25) is 0 Å². The number of carbonyl (C=O) groups is 2. The minimum Gasteiger partial charge on any atom is -0.505 e. The molecule has 0 fully saturated rings. The molecule has 206 valence electrons. The highest BCUT2D eigenvalue weighted by Crippen LogP contribution is 2.39. The van der Waals surface area contributed by atoms with Crippen LogP contribution in [0, 0.1) is 6.92 Å². The molecule has 0 saturated heterocycles. The fourth-order valence-corrected chi connectivity index (χ4v) is 4.52. The van der Waals surface area contributed by atoms with Crippen molar-refractivity contribution in [3.8, 4) is 5.75 Å². The van der Waals surface area contributed by atoms with Crippen molar-refractivity contribution in [3.63, 3.8) is 0 Å². The number of carbonyl (C=O) groups excluding carboxylic acids is 2. The first kappa shape index (κ1) is 28.4. The molecular weight excluding hydrogens is 502 g/mol. The molecule has 2 amide bonds. The number of azo groups is 1. The van der Waals surface area contributed by atoms with Gasteiger partial charge in [-0.1, -0.05) is 56.3 Å². The van der Waals surface area contributed by atoms with Gasteiger partial charge in [0, 0.05) is 23.2 Å². The molecule has 0 aromatic heterocycles. The highest BCUT2D eigenvalue weighted by atomic mass is 16.3. The van der Waals surface area contributed by atoms with E-state index in [0.29, 0.717) is 28.9 Å². The van der Waals surface area contributed by atoms with E-state index in [9.17, 15) is 14.7 Å². The maximum absolute atomic E-state index is 13.1. The van der Waals surface area contributed by atoms with Gasteiger partial charge in [-0.15, -0.1) is 5.11 Å². The molecule has 0 aliphatic heterocycles. The molecule has 0 aliphatic carbocycles. The summed E-state index contributed by atoms with van der Waals surface area (Å²) < 4.78 is 0. The van der Waals surface area contributed by atoms with Gasteiger partial charge in [0.1, 0.15) is 5.69 Å². The SMILES string of the molecule is CCN(CC)CCCNC(=O)c1cc(C)cc(/N=N\c2c(O)c(C(=O)Nc3ccccc3)cc3ccccc23)c1. The number of aromatic hydroxyl groups is 1. The van der Waals surface area contributed by atoms with Crippen LogP contribution in [0.15, 0.2) is 89.1 Å².